The van der Waals surface area contributed by atoms with E-state index < -0.39 is 0 Å². The van der Waals surface area contributed by atoms with Crippen LogP contribution in [0.25, 0.3) is 0 Å². The Morgan fingerprint density at radius 2 is 2.00 bits per heavy atom. The van der Waals surface area contributed by atoms with Gasteiger partial charge in [-0.05, 0) is 13.0 Å². The molecule has 0 saturated heterocycles. The third-order valence-electron chi connectivity index (χ3n) is 1.14. The van der Waals surface area contributed by atoms with Gasteiger partial charge >= 0.3 is 0 Å². The molecule has 3 nitrogen and oxygen atoms in total. The second-order valence-corrected chi connectivity index (χ2v) is 1.85. The minimum absolute atomic E-state index is 0.216. The highest BCUT2D eigenvalue weighted by atomic mass is 16.1. The van der Waals surface area contributed by atoms with E-state index in [0.29, 0.717) is 11.9 Å². The fraction of sp³-hybridized carbons (Fsp3) is 0.250. The molecule has 0 radical (unpaired) electrons. The Morgan fingerprint density at radius 1 is 1.36 bits per heavy atom. The highest BCUT2D eigenvalue weighted by Gasteiger charge is 1.89. The molecule has 11 heavy (non-hydrogen) atoms. The van der Waals surface area contributed by atoms with Gasteiger partial charge in [0, 0.05) is 18.7 Å². The van der Waals surface area contributed by atoms with Crippen LogP contribution in [-0.2, 0) is 9.59 Å². The molecule has 0 aromatic carbocycles. The molecular weight excluding hydrogens is 142 g/mol. The van der Waals surface area contributed by atoms with E-state index in [1.54, 1.807) is 13.0 Å². The van der Waals surface area contributed by atoms with Crippen LogP contribution in [0.4, 0.5) is 0 Å². The smallest absolute Gasteiger partial charge is 0.243 e. The highest BCUT2D eigenvalue weighted by Crippen LogP contribution is 1.90. The van der Waals surface area contributed by atoms with Crippen LogP contribution in [-0.4, -0.2) is 19.2 Å². The number of nitrogens with one attached hydrogen (secondary N) is 1. The second kappa shape index (κ2) is 5.41. The average Bonchev–Trinajstić information content (AvgIpc) is 2.06. The van der Waals surface area contributed by atoms with Gasteiger partial charge in [-0.15, -0.1) is 0 Å². The Hall–Kier alpha value is -1.38. The first kappa shape index (κ1) is 9.62. The van der Waals surface area contributed by atoms with Crippen LogP contribution >= 0.6 is 0 Å². The van der Waals surface area contributed by atoms with E-state index in [9.17, 15) is 9.59 Å². The van der Waals surface area contributed by atoms with Crippen LogP contribution in [0.2, 0.25) is 0 Å². The molecule has 0 aliphatic heterocycles. The lowest BCUT2D eigenvalue weighted by molar-refractivity contribution is -0.116. The van der Waals surface area contributed by atoms with Crippen molar-refractivity contribution in [2.45, 2.75) is 6.92 Å². The number of hydrogen-bond acceptors (Lipinski definition) is 2. The van der Waals surface area contributed by atoms with E-state index in [0.717, 1.165) is 0 Å². The molecule has 0 aromatic heterocycles. The van der Waals surface area contributed by atoms with E-state index in [2.05, 4.69) is 5.32 Å². The molecule has 0 atom stereocenters. The zero-order valence-electron chi connectivity index (χ0n) is 6.63. The molecule has 0 bridgehead atoms. The zero-order valence-corrected chi connectivity index (χ0v) is 6.63. The quantitative estimate of drug-likeness (QED) is 0.363. The van der Waals surface area contributed by atoms with Crippen molar-refractivity contribution in [3.8, 4) is 0 Å². The lowest BCUT2D eigenvalue weighted by Crippen LogP contribution is -2.14. The van der Waals surface area contributed by atoms with Crippen molar-refractivity contribution in [3.05, 3.63) is 23.8 Å². The average molecular weight is 153 g/mol. The number of allylic oxidation sites excluding steroid dienone is 3. The predicted molar refractivity (Wildman–Crippen MR) is 43.0 cm³/mol. The van der Waals surface area contributed by atoms with Crippen molar-refractivity contribution in [2.75, 3.05) is 7.05 Å². The van der Waals surface area contributed by atoms with Crippen LogP contribution in [0.5, 0.6) is 0 Å². The third kappa shape index (κ3) is 4.08. The van der Waals surface area contributed by atoms with E-state index in [1.165, 1.54) is 19.2 Å². The van der Waals surface area contributed by atoms with Crippen LogP contribution < -0.4 is 5.32 Å². The first-order valence-corrected chi connectivity index (χ1v) is 3.26. The van der Waals surface area contributed by atoms with Gasteiger partial charge in [-0.25, -0.2) is 0 Å². The summed E-state index contributed by atoms with van der Waals surface area (Å²) in [6.07, 6.45) is 5.10. The Labute approximate surface area is 65.8 Å². The maximum absolute atomic E-state index is 10.6. The summed E-state index contributed by atoms with van der Waals surface area (Å²) in [4.78, 5) is 20.8. The van der Waals surface area contributed by atoms with Crippen LogP contribution in [0.1, 0.15) is 6.92 Å². The molecule has 0 aromatic rings. The van der Waals surface area contributed by atoms with Crippen molar-refractivity contribution in [1.82, 2.24) is 5.32 Å². The monoisotopic (exact) mass is 153 g/mol. The molecule has 0 aliphatic rings. The second-order valence-electron chi connectivity index (χ2n) is 1.85. The lowest BCUT2D eigenvalue weighted by atomic mass is 10.2. The summed E-state index contributed by atoms with van der Waals surface area (Å²) in [5.74, 6) is -0.216. The van der Waals surface area contributed by atoms with Crippen LogP contribution in [0, 0.1) is 0 Å². The molecule has 1 amide bonds. The number of likely N-dealkylation sites (N-methyl/N-ethyl adjacent to an activating group) is 1. The van der Waals surface area contributed by atoms with E-state index in [4.69, 9.17) is 0 Å². The summed E-state index contributed by atoms with van der Waals surface area (Å²) in [6, 6.07) is 0. The fourth-order valence-electron chi connectivity index (χ4n) is 0.459. The Bertz CT molecular complexity index is 204. The van der Waals surface area contributed by atoms with Gasteiger partial charge in [0.15, 0.2) is 0 Å². The molecule has 60 valence electrons. The molecule has 0 spiro atoms. The number of aldehydes is 1. The Morgan fingerprint density at radius 3 is 2.36 bits per heavy atom. The molecule has 0 heterocycles. The number of carbonyl (C=O) groups is 2. The van der Waals surface area contributed by atoms with Crippen LogP contribution in [0.15, 0.2) is 23.8 Å². The maximum atomic E-state index is 10.6. The van der Waals surface area contributed by atoms with Gasteiger partial charge in [0.2, 0.25) is 5.91 Å². The van der Waals surface area contributed by atoms with Gasteiger partial charge in [-0.2, -0.15) is 0 Å². The predicted octanol–water partition coefficient (Wildman–Crippen LogP) is 0.434. The minimum Gasteiger partial charge on any atom is -0.356 e. The van der Waals surface area contributed by atoms with E-state index >= 15 is 0 Å². The minimum atomic E-state index is -0.216. The number of hydrogen-bond donors (Lipinski definition) is 1. The summed E-state index contributed by atoms with van der Waals surface area (Å²) < 4.78 is 0. The van der Waals surface area contributed by atoms with Gasteiger partial charge in [0.25, 0.3) is 0 Å². The standard InChI is InChI=1S/C8H11NO2/c1-3-7(6-10)4-5-8(11)9-2/h3-6H,1-2H3,(H,9,11)/b5-4-,7-3+. The Balaban J connectivity index is 4.11. The van der Waals surface area contributed by atoms with Gasteiger partial charge < -0.3 is 5.32 Å². The first-order chi connectivity index (χ1) is 5.24. The molecule has 0 unspecified atom stereocenters. The maximum Gasteiger partial charge on any atom is 0.243 e. The van der Waals surface area contributed by atoms with Gasteiger partial charge in [0.1, 0.15) is 6.29 Å². The van der Waals surface area contributed by atoms with Crippen molar-refractivity contribution in [3.63, 3.8) is 0 Å². The van der Waals surface area contributed by atoms with E-state index in [-0.39, 0.29) is 5.91 Å². The topological polar surface area (TPSA) is 46.2 Å². The molecule has 3 heteroatoms. The van der Waals surface area contributed by atoms with Crippen molar-refractivity contribution >= 4 is 12.2 Å². The number of amides is 1. The fourth-order valence-corrected chi connectivity index (χ4v) is 0.459. The first-order valence-electron chi connectivity index (χ1n) is 3.26. The molecule has 0 saturated carbocycles. The van der Waals surface area contributed by atoms with Gasteiger partial charge in [-0.3, -0.25) is 9.59 Å². The summed E-state index contributed by atoms with van der Waals surface area (Å²) in [6.45, 7) is 1.73. The summed E-state index contributed by atoms with van der Waals surface area (Å²) >= 11 is 0. The summed E-state index contributed by atoms with van der Waals surface area (Å²) in [5.41, 5.74) is 0.494. The largest absolute Gasteiger partial charge is 0.356 e. The molecule has 0 aliphatic carbocycles. The lowest BCUT2D eigenvalue weighted by Gasteiger charge is -1.88. The van der Waals surface area contributed by atoms with Crippen molar-refractivity contribution in [2.24, 2.45) is 0 Å². The summed E-state index contributed by atoms with van der Waals surface area (Å²) in [5, 5.41) is 2.40. The SMILES string of the molecule is C/C=C(C=O)\C=C/C(=O)NC. The zero-order chi connectivity index (χ0) is 8.69. The van der Waals surface area contributed by atoms with Gasteiger partial charge in [-0.1, -0.05) is 6.08 Å². The molecule has 1 N–H and O–H groups in total. The molecule has 0 fully saturated rings. The van der Waals surface area contributed by atoms with Crippen molar-refractivity contribution in [1.29, 1.82) is 0 Å². The van der Waals surface area contributed by atoms with Gasteiger partial charge in [0.05, 0.1) is 0 Å². The third-order valence-corrected chi connectivity index (χ3v) is 1.14. The van der Waals surface area contributed by atoms with E-state index in [1.807, 2.05) is 0 Å². The van der Waals surface area contributed by atoms with Crippen LogP contribution in [0.3, 0.4) is 0 Å². The molecule has 0 rings (SSSR count). The summed E-state index contributed by atoms with van der Waals surface area (Å²) in [7, 11) is 1.53. The number of carbonyl (C=O) groups excluding carboxylic acids is 2. The molecular formula is C8H11NO2. The highest BCUT2D eigenvalue weighted by molar-refractivity contribution is 5.89. The Kier molecular flexibility index (Phi) is 4.73. The normalized spacial score (nSPS) is 11.6. The number of rotatable bonds is 3. The van der Waals surface area contributed by atoms with Crippen molar-refractivity contribution < 1.29 is 9.59 Å².